The molecule has 1 aromatic heterocycles. The third kappa shape index (κ3) is 5.09. The number of carbonyl (C=O) groups excluding carboxylic acids is 2. The number of carbonyl (C=O) groups is 2. The van der Waals surface area contributed by atoms with Crippen LogP contribution in [0.15, 0.2) is 10.7 Å². The normalized spacial score (nSPS) is 10.3. The standard InChI is InChI=1S/C14H24N4O3/c1-5-7-15-13(19)11-10-21-12(16-11)9-18(8-6-2)14(20)17(3)4/h10H,5-9H2,1-4H3,(H,15,19). The molecule has 0 saturated heterocycles. The van der Waals surface area contributed by atoms with Gasteiger partial charge < -0.3 is 19.5 Å². The molecule has 0 saturated carbocycles. The molecule has 3 amide bonds. The van der Waals surface area contributed by atoms with Gasteiger partial charge >= 0.3 is 6.03 Å². The van der Waals surface area contributed by atoms with Gasteiger partial charge in [-0.25, -0.2) is 9.78 Å². The second kappa shape index (κ2) is 8.28. The summed E-state index contributed by atoms with van der Waals surface area (Å²) >= 11 is 0. The first kappa shape index (κ1) is 17.0. The van der Waals surface area contributed by atoms with Crippen molar-refractivity contribution in [2.24, 2.45) is 0 Å². The highest BCUT2D eigenvalue weighted by molar-refractivity contribution is 5.91. The molecule has 0 aliphatic heterocycles. The molecule has 0 bridgehead atoms. The number of aromatic nitrogens is 1. The van der Waals surface area contributed by atoms with E-state index in [0.717, 1.165) is 12.8 Å². The fraction of sp³-hybridized carbons (Fsp3) is 0.643. The molecular weight excluding hydrogens is 272 g/mol. The highest BCUT2D eigenvalue weighted by Gasteiger charge is 2.19. The number of rotatable bonds is 7. The molecule has 1 heterocycles. The van der Waals surface area contributed by atoms with Crippen LogP contribution in [0.4, 0.5) is 4.79 Å². The summed E-state index contributed by atoms with van der Waals surface area (Å²) in [7, 11) is 3.40. The van der Waals surface area contributed by atoms with E-state index in [2.05, 4.69) is 10.3 Å². The highest BCUT2D eigenvalue weighted by atomic mass is 16.3. The Morgan fingerprint density at radius 2 is 2.00 bits per heavy atom. The van der Waals surface area contributed by atoms with Crippen molar-refractivity contribution in [1.82, 2.24) is 20.1 Å². The van der Waals surface area contributed by atoms with E-state index in [1.807, 2.05) is 13.8 Å². The summed E-state index contributed by atoms with van der Waals surface area (Å²) in [5.74, 6) is 0.105. The minimum Gasteiger partial charge on any atom is -0.446 e. The summed E-state index contributed by atoms with van der Waals surface area (Å²) < 4.78 is 5.29. The zero-order valence-electron chi connectivity index (χ0n) is 13.2. The van der Waals surface area contributed by atoms with Crippen molar-refractivity contribution in [3.63, 3.8) is 0 Å². The van der Waals surface area contributed by atoms with E-state index in [0.29, 0.717) is 19.0 Å². The summed E-state index contributed by atoms with van der Waals surface area (Å²) in [5, 5.41) is 2.73. The predicted molar refractivity (Wildman–Crippen MR) is 78.9 cm³/mol. The van der Waals surface area contributed by atoms with Crippen LogP contribution in [0.5, 0.6) is 0 Å². The maximum Gasteiger partial charge on any atom is 0.319 e. The van der Waals surface area contributed by atoms with Crippen LogP contribution >= 0.6 is 0 Å². The van der Waals surface area contributed by atoms with Gasteiger partial charge in [-0.2, -0.15) is 0 Å². The fourth-order valence-corrected chi connectivity index (χ4v) is 1.78. The largest absolute Gasteiger partial charge is 0.446 e. The highest BCUT2D eigenvalue weighted by Crippen LogP contribution is 2.08. The van der Waals surface area contributed by atoms with Crippen molar-refractivity contribution in [2.45, 2.75) is 33.2 Å². The molecule has 1 aromatic rings. The number of nitrogens with one attached hydrogen (secondary N) is 1. The van der Waals surface area contributed by atoms with Crippen LogP contribution in [0, 0.1) is 0 Å². The van der Waals surface area contributed by atoms with E-state index in [1.165, 1.54) is 11.2 Å². The molecule has 0 unspecified atom stereocenters. The lowest BCUT2D eigenvalue weighted by Crippen LogP contribution is -2.39. The Labute approximate surface area is 125 Å². The fourth-order valence-electron chi connectivity index (χ4n) is 1.78. The van der Waals surface area contributed by atoms with E-state index in [1.54, 1.807) is 19.0 Å². The molecule has 0 aliphatic carbocycles. The predicted octanol–water partition coefficient (Wildman–Crippen LogP) is 1.71. The summed E-state index contributed by atoms with van der Waals surface area (Å²) in [6.45, 7) is 5.43. The Morgan fingerprint density at radius 3 is 2.57 bits per heavy atom. The van der Waals surface area contributed by atoms with Gasteiger partial charge in [0.1, 0.15) is 6.26 Å². The van der Waals surface area contributed by atoms with E-state index in [4.69, 9.17) is 4.42 Å². The minimum atomic E-state index is -0.257. The van der Waals surface area contributed by atoms with E-state index >= 15 is 0 Å². The first-order chi connectivity index (χ1) is 9.99. The first-order valence-electron chi connectivity index (χ1n) is 7.18. The van der Waals surface area contributed by atoms with Crippen LogP contribution in [-0.4, -0.2) is 53.9 Å². The second-order valence-corrected chi connectivity index (χ2v) is 4.98. The summed E-state index contributed by atoms with van der Waals surface area (Å²) in [5.41, 5.74) is 0.243. The maximum absolute atomic E-state index is 12.0. The van der Waals surface area contributed by atoms with E-state index in [9.17, 15) is 9.59 Å². The Bertz CT molecular complexity index is 471. The molecule has 0 radical (unpaired) electrons. The molecule has 1 N–H and O–H groups in total. The number of oxazole rings is 1. The van der Waals surface area contributed by atoms with Crippen molar-refractivity contribution in [1.29, 1.82) is 0 Å². The lowest BCUT2D eigenvalue weighted by molar-refractivity contribution is 0.0948. The van der Waals surface area contributed by atoms with Crippen molar-refractivity contribution < 1.29 is 14.0 Å². The van der Waals surface area contributed by atoms with Gasteiger partial charge in [-0.3, -0.25) is 4.79 Å². The molecule has 7 heteroatoms. The average molecular weight is 296 g/mol. The Morgan fingerprint density at radius 1 is 1.29 bits per heavy atom. The van der Waals surface area contributed by atoms with Gasteiger partial charge in [-0.05, 0) is 12.8 Å². The van der Waals surface area contributed by atoms with Gasteiger partial charge in [0.2, 0.25) is 5.89 Å². The molecule has 7 nitrogen and oxygen atoms in total. The second-order valence-electron chi connectivity index (χ2n) is 4.98. The minimum absolute atomic E-state index is 0.105. The van der Waals surface area contributed by atoms with Gasteiger partial charge in [0.05, 0.1) is 6.54 Å². The zero-order valence-corrected chi connectivity index (χ0v) is 13.2. The van der Waals surface area contributed by atoms with E-state index in [-0.39, 0.29) is 24.2 Å². The molecule has 21 heavy (non-hydrogen) atoms. The van der Waals surface area contributed by atoms with Gasteiger partial charge in [-0.15, -0.1) is 0 Å². The molecule has 1 rings (SSSR count). The number of nitrogens with zero attached hydrogens (tertiary/aromatic N) is 3. The third-order valence-electron chi connectivity index (χ3n) is 2.79. The maximum atomic E-state index is 12.0. The molecule has 0 atom stereocenters. The Balaban J connectivity index is 2.70. The lowest BCUT2D eigenvalue weighted by atomic mass is 10.4. The van der Waals surface area contributed by atoms with Gasteiger partial charge in [0.15, 0.2) is 5.69 Å². The summed E-state index contributed by atoms with van der Waals surface area (Å²) in [6.07, 6.45) is 3.02. The summed E-state index contributed by atoms with van der Waals surface area (Å²) in [6, 6.07) is -0.105. The van der Waals surface area contributed by atoms with Crippen LogP contribution in [0.25, 0.3) is 0 Å². The van der Waals surface area contributed by atoms with Gasteiger partial charge in [0, 0.05) is 27.2 Å². The van der Waals surface area contributed by atoms with Gasteiger partial charge in [0.25, 0.3) is 5.91 Å². The Kier molecular flexibility index (Phi) is 6.71. The van der Waals surface area contributed by atoms with Crippen molar-refractivity contribution >= 4 is 11.9 Å². The van der Waals surface area contributed by atoms with Gasteiger partial charge in [-0.1, -0.05) is 13.8 Å². The van der Waals surface area contributed by atoms with Crippen LogP contribution in [0.1, 0.15) is 43.1 Å². The SMILES string of the molecule is CCCNC(=O)c1coc(CN(CCC)C(=O)N(C)C)n1. The monoisotopic (exact) mass is 296 g/mol. The smallest absolute Gasteiger partial charge is 0.319 e. The number of hydrogen-bond donors (Lipinski definition) is 1. The van der Waals surface area contributed by atoms with Crippen molar-refractivity contribution in [2.75, 3.05) is 27.2 Å². The molecule has 0 fully saturated rings. The van der Waals surface area contributed by atoms with Crippen LogP contribution in [0.2, 0.25) is 0 Å². The quantitative estimate of drug-likeness (QED) is 0.830. The third-order valence-corrected chi connectivity index (χ3v) is 2.79. The molecule has 0 aromatic carbocycles. The van der Waals surface area contributed by atoms with Crippen molar-refractivity contribution in [3.05, 3.63) is 17.8 Å². The first-order valence-corrected chi connectivity index (χ1v) is 7.18. The lowest BCUT2D eigenvalue weighted by Gasteiger charge is -2.24. The molecule has 0 aliphatic rings. The number of amides is 3. The molecular formula is C14H24N4O3. The molecule has 118 valence electrons. The van der Waals surface area contributed by atoms with Crippen molar-refractivity contribution in [3.8, 4) is 0 Å². The number of urea groups is 1. The van der Waals surface area contributed by atoms with Crippen LogP contribution < -0.4 is 5.32 Å². The molecule has 0 spiro atoms. The average Bonchev–Trinajstić information content (AvgIpc) is 2.92. The zero-order chi connectivity index (χ0) is 15.8. The van der Waals surface area contributed by atoms with Crippen LogP contribution in [0.3, 0.4) is 0 Å². The summed E-state index contributed by atoms with van der Waals surface area (Å²) in [4.78, 5) is 31.1. The topological polar surface area (TPSA) is 78.7 Å². The van der Waals surface area contributed by atoms with Crippen LogP contribution in [-0.2, 0) is 6.54 Å². The van der Waals surface area contributed by atoms with E-state index < -0.39 is 0 Å². The Hall–Kier alpha value is -2.05. The number of hydrogen-bond acceptors (Lipinski definition) is 4.